The van der Waals surface area contributed by atoms with Crippen LogP contribution in [0.25, 0.3) is 11.3 Å². The summed E-state index contributed by atoms with van der Waals surface area (Å²) in [6.07, 6.45) is 5.12. The standard InChI is InChI=1S/C23H28FN5O/c24-23(6-1-7-25-16-23)17-29-9-8-26-21-15-27-20(14-22(21)29)18-2-4-19(5-3-18)28-10-12-30-13-11-28/h2-5,8,14-15,25H,1,6-7,9-13,16-17H2/t23-/m1/s1. The Morgan fingerprint density at radius 2 is 2.00 bits per heavy atom. The average Bonchev–Trinajstić information content (AvgIpc) is 2.80. The number of anilines is 2. The van der Waals surface area contributed by atoms with E-state index in [0.717, 1.165) is 61.9 Å². The number of nitrogens with one attached hydrogen (secondary N) is 1. The maximum Gasteiger partial charge on any atom is 0.140 e. The molecule has 2 fully saturated rings. The van der Waals surface area contributed by atoms with Gasteiger partial charge in [-0.05, 0) is 37.6 Å². The van der Waals surface area contributed by atoms with Crippen LogP contribution in [0.15, 0.2) is 41.5 Å². The van der Waals surface area contributed by atoms with Gasteiger partial charge in [0, 0.05) is 37.1 Å². The molecule has 1 N–H and O–H groups in total. The first-order valence-corrected chi connectivity index (χ1v) is 10.8. The van der Waals surface area contributed by atoms with Crippen LogP contribution in [0, 0.1) is 0 Å². The van der Waals surface area contributed by atoms with Gasteiger partial charge < -0.3 is 19.9 Å². The van der Waals surface area contributed by atoms with Crippen molar-refractivity contribution in [3.8, 4) is 11.3 Å². The summed E-state index contributed by atoms with van der Waals surface area (Å²) in [5, 5.41) is 3.20. The van der Waals surface area contributed by atoms with Gasteiger partial charge in [0.25, 0.3) is 0 Å². The molecule has 7 heteroatoms. The molecule has 1 aromatic heterocycles. The normalized spacial score (nSPS) is 24.0. The van der Waals surface area contributed by atoms with Crippen LogP contribution in [0.3, 0.4) is 0 Å². The minimum atomic E-state index is -1.20. The molecule has 0 bridgehead atoms. The number of alkyl halides is 1. The Labute approximate surface area is 176 Å². The number of aromatic nitrogens is 1. The second-order valence-corrected chi connectivity index (χ2v) is 8.33. The van der Waals surface area contributed by atoms with Crippen molar-refractivity contribution in [2.75, 3.05) is 62.3 Å². The molecular weight excluding hydrogens is 381 g/mol. The number of aliphatic imine (C=N–C) groups is 1. The third-order valence-electron chi connectivity index (χ3n) is 6.17. The molecule has 0 saturated carbocycles. The molecule has 6 nitrogen and oxygen atoms in total. The molecule has 158 valence electrons. The monoisotopic (exact) mass is 409 g/mol. The van der Waals surface area contributed by atoms with Crippen molar-refractivity contribution in [3.05, 3.63) is 36.5 Å². The summed E-state index contributed by atoms with van der Waals surface area (Å²) >= 11 is 0. The number of morpholine rings is 1. The molecule has 0 unspecified atom stereocenters. The first-order valence-electron chi connectivity index (χ1n) is 10.8. The van der Waals surface area contributed by atoms with Gasteiger partial charge in [-0.3, -0.25) is 9.98 Å². The van der Waals surface area contributed by atoms with Crippen LogP contribution in [0.5, 0.6) is 0 Å². The lowest BCUT2D eigenvalue weighted by molar-refractivity contribution is 0.122. The highest BCUT2D eigenvalue weighted by molar-refractivity contribution is 5.83. The van der Waals surface area contributed by atoms with Crippen molar-refractivity contribution in [3.63, 3.8) is 0 Å². The van der Waals surface area contributed by atoms with E-state index in [0.29, 0.717) is 26.1 Å². The summed E-state index contributed by atoms with van der Waals surface area (Å²) in [5.41, 5.74) is 3.71. The number of halogens is 1. The second kappa shape index (κ2) is 8.32. The van der Waals surface area contributed by atoms with Gasteiger partial charge in [-0.2, -0.15) is 0 Å². The number of benzene rings is 1. The Hall–Kier alpha value is -2.51. The number of hydrogen-bond acceptors (Lipinski definition) is 6. The summed E-state index contributed by atoms with van der Waals surface area (Å²) in [6.45, 7) is 5.70. The molecule has 0 aliphatic carbocycles. The largest absolute Gasteiger partial charge is 0.378 e. The van der Waals surface area contributed by atoms with Gasteiger partial charge >= 0.3 is 0 Å². The highest BCUT2D eigenvalue weighted by Gasteiger charge is 2.35. The minimum Gasteiger partial charge on any atom is -0.378 e. The number of rotatable bonds is 4. The van der Waals surface area contributed by atoms with Crippen LogP contribution in [-0.4, -0.2) is 69.3 Å². The maximum absolute atomic E-state index is 15.3. The third-order valence-corrected chi connectivity index (χ3v) is 6.17. The smallest absolute Gasteiger partial charge is 0.140 e. The molecule has 5 rings (SSSR count). The SMILES string of the molecule is F[C@]1(CN2CC=Nc3cnc(-c4ccc(N5CCOCC5)cc4)cc32)CCCNC1. The van der Waals surface area contributed by atoms with E-state index >= 15 is 4.39 Å². The number of nitrogens with zero attached hydrogens (tertiary/aromatic N) is 4. The highest BCUT2D eigenvalue weighted by Crippen LogP contribution is 2.36. The Kier molecular flexibility index (Phi) is 5.39. The predicted molar refractivity (Wildman–Crippen MR) is 119 cm³/mol. The summed E-state index contributed by atoms with van der Waals surface area (Å²) in [6, 6.07) is 10.6. The van der Waals surface area contributed by atoms with Crippen LogP contribution in [0.2, 0.25) is 0 Å². The van der Waals surface area contributed by atoms with Gasteiger partial charge in [-0.15, -0.1) is 0 Å². The third kappa shape index (κ3) is 4.04. The molecule has 2 saturated heterocycles. The first kappa shape index (κ1) is 19.5. The Morgan fingerprint density at radius 3 is 2.77 bits per heavy atom. The van der Waals surface area contributed by atoms with Crippen LogP contribution in [-0.2, 0) is 4.74 Å². The van der Waals surface area contributed by atoms with E-state index in [1.54, 1.807) is 6.20 Å². The molecule has 3 aliphatic heterocycles. The molecule has 2 aromatic rings. The lowest BCUT2D eigenvalue weighted by atomic mass is 9.95. The van der Waals surface area contributed by atoms with E-state index in [-0.39, 0.29) is 0 Å². The summed E-state index contributed by atoms with van der Waals surface area (Å²) in [7, 11) is 0. The number of ether oxygens (including phenoxy) is 1. The van der Waals surface area contributed by atoms with Gasteiger partial charge in [-0.25, -0.2) is 4.39 Å². The molecule has 0 amide bonds. The van der Waals surface area contributed by atoms with Crippen LogP contribution in [0.1, 0.15) is 12.8 Å². The zero-order valence-electron chi connectivity index (χ0n) is 17.2. The van der Waals surface area contributed by atoms with E-state index in [1.165, 1.54) is 5.69 Å². The zero-order chi connectivity index (χ0) is 20.4. The van der Waals surface area contributed by atoms with Gasteiger partial charge in [0.05, 0.1) is 43.9 Å². The molecule has 1 atom stereocenters. The predicted octanol–water partition coefficient (Wildman–Crippen LogP) is 3.20. The summed E-state index contributed by atoms with van der Waals surface area (Å²) in [5.74, 6) is 0. The van der Waals surface area contributed by atoms with Gasteiger partial charge in [0.15, 0.2) is 0 Å². The molecular formula is C23H28FN5O. The van der Waals surface area contributed by atoms with Gasteiger partial charge in [0.1, 0.15) is 11.4 Å². The van der Waals surface area contributed by atoms with Crippen molar-refractivity contribution >= 4 is 23.3 Å². The fourth-order valence-corrected chi connectivity index (χ4v) is 4.51. The number of fused-ring (bicyclic) bond motifs is 1. The molecule has 1 aromatic carbocycles. The molecule has 30 heavy (non-hydrogen) atoms. The van der Waals surface area contributed by atoms with Crippen molar-refractivity contribution in [2.24, 2.45) is 4.99 Å². The van der Waals surface area contributed by atoms with Crippen molar-refractivity contribution in [1.82, 2.24) is 10.3 Å². The lowest BCUT2D eigenvalue weighted by Crippen LogP contribution is -2.50. The molecule has 0 radical (unpaired) electrons. The minimum absolute atomic E-state index is 0.373. The van der Waals surface area contributed by atoms with E-state index in [2.05, 4.69) is 55.4 Å². The molecule has 4 heterocycles. The van der Waals surface area contributed by atoms with Crippen LogP contribution >= 0.6 is 0 Å². The van der Waals surface area contributed by atoms with Crippen LogP contribution < -0.4 is 15.1 Å². The number of piperidine rings is 1. The van der Waals surface area contributed by atoms with E-state index in [1.807, 2.05) is 6.21 Å². The Balaban J connectivity index is 1.38. The fraction of sp³-hybridized carbons (Fsp3) is 0.478. The maximum atomic E-state index is 15.3. The van der Waals surface area contributed by atoms with Crippen molar-refractivity contribution in [2.45, 2.75) is 18.5 Å². The number of hydrogen-bond donors (Lipinski definition) is 1. The quantitative estimate of drug-likeness (QED) is 0.841. The first-order chi connectivity index (χ1) is 14.7. The van der Waals surface area contributed by atoms with E-state index < -0.39 is 5.67 Å². The summed E-state index contributed by atoms with van der Waals surface area (Å²) in [4.78, 5) is 13.5. The van der Waals surface area contributed by atoms with Crippen LogP contribution in [0.4, 0.5) is 21.5 Å². The molecule has 0 spiro atoms. The Bertz CT molecular complexity index is 904. The molecule has 3 aliphatic rings. The van der Waals surface area contributed by atoms with Crippen molar-refractivity contribution in [1.29, 1.82) is 0 Å². The topological polar surface area (TPSA) is 53.0 Å². The fourth-order valence-electron chi connectivity index (χ4n) is 4.51. The summed E-state index contributed by atoms with van der Waals surface area (Å²) < 4.78 is 20.8. The highest BCUT2D eigenvalue weighted by atomic mass is 19.1. The number of pyridine rings is 1. The van der Waals surface area contributed by atoms with Crippen molar-refractivity contribution < 1.29 is 9.13 Å². The Morgan fingerprint density at radius 1 is 1.17 bits per heavy atom. The zero-order valence-corrected chi connectivity index (χ0v) is 17.2. The second-order valence-electron chi connectivity index (χ2n) is 8.33. The average molecular weight is 410 g/mol. The lowest BCUT2D eigenvalue weighted by Gasteiger charge is -2.37. The van der Waals surface area contributed by atoms with E-state index in [4.69, 9.17) is 4.74 Å². The van der Waals surface area contributed by atoms with E-state index in [9.17, 15) is 0 Å². The van der Waals surface area contributed by atoms with Gasteiger partial charge in [0.2, 0.25) is 0 Å². The van der Waals surface area contributed by atoms with Gasteiger partial charge in [-0.1, -0.05) is 12.1 Å².